The van der Waals surface area contributed by atoms with Crippen LogP contribution in [0.4, 0.5) is 16.4 Å². The monoisotopic (exact) mass is 695 g/mol. The van der Waals surface area contributed by atoms with Gasteiger partial charge in [-0.25, -0.2) is 14.8 Å². The molecule has 14 nitrogen and oxygen atoms in total. The highest BCUT2D eigenvalue weighted by Crippen LogP contribution is 2.32. The second-order valence-electron chi connectivity index (χ2n) is 14.0. The zero-order valence-electron chi connectivity index (χ0n) is 29.7. The number of Topliss-reactive ketones (excluding diaryl/α,β-unsaturated/α-hetero) is 1. The Morgan fingerprint density at radius 3 is 2.37 bits per heavy atom. The molecule has 3 amide bonds. The van der Waals surface area contributed by atoms with Crippen molar-refractivity contribution in [1.82, 2.24) is 35.9 Å². The predicted molar refractivity (Wildman–Crippen MR) is 191 cm³/mol. The Labute approximate surface area is 297 Å². The van der Waals surface area contributed by atoms with Gasteiger partial charge in [-0.2, -0.15) is 5.21 Å². The molecule has 2 aromatic carbocycles. The number of hydrogen-bond donors (Lipinski definition) is 4. The molecule has 1 aliphatic carbocycles. The molecule has 4 N–H and O–H groups in total. The van der Waals surface area contributed by atoms with E-state index in [1.807, 2.05) is 52.0 Å². The zero-order chi connectivity index (χ0) is 36.5. The number of nitrogens with zero attached hydrogens (tertiary/aromatic N) is 5. The Bertz CT molecular complexity index is 1830. The summed E-state index contributed by atoms with van der Waals surface area (Å²) in [6, 6.07) is 14.9. The number of aromatic amines is 1. The van der Waals surface area contributed by atoms with Gasteiger partial charge in [0.25, 0.3) is 0 Å². The molecular weight excluding hydrogens is 650 g/mol. The van der Waals surface area contributed by atoms with Gasteiger partial charge in [-0.3, -0.25) is 19.7 Å². The molecule has 4 aromatic rings. The zero-order valence-corrected chi connectivity index (χ0v) is 29.7. The molecule has 1 fully saturated rings. The number of carbonyl (C=O) groups is 4. The largest absolute Gasteiger partial charge is 0.444 e. The van der Waals surface area contributed by atoms with Crippen molar-refractivity contribution in [3.63, 3.8) is 0 Å². The summed E-state index contributed by atoms with van der Waals surface area (Å²) in [5.74, 6) is -0.291. The van der Waals surface area contributed by atoms with E-state index in [9.17, 15) is 19.2 Å². The summed E-state index contributed by atoms with van der Waals surface area (Å²) in [5.41, 5.74) is 3.99. The second-order valence-corrected chi connectivity index (χ2v) is 14.0. The Kier molecular flexibility index (Phi) is 11.9. The van der Waals surface area contributed by atoms with E-state index in [2.05, 4.69) is 46.5 Å². The Morgan fingerprint density at radius 1 is 0.980 bits per heavy atom. The third-order valence-electron chi connectivity index (χ3n) is 8.80. The highest BCUT2D eigenvalue weighted by atomic mass is 16.6. The average Bonchev–Trinajstić information content (AvgIpc) is 3.62. The Morgan fingerprint density at radius 2 is 1.73 bits per heavy atom. The van der Waals surface area contributed by atoms with E-state index in [4.69, 9.17) is 4.74 Å². The van der Waals surface area contributed by atoms with Crippen LogP contribution < -0.4 is 16.0 Å². The summed E-state index contributed by atoms with van der Waals surface area (Å²) in [6.45, 7) is 9.22. The minimum atomic E-state index is -0.629. The standard InChI is InChI=1S/C37H45N9O5/c1-22-31(21-38-35(40-22)41-23(2)47)28-8-6-7-25(17-28)18-29(34(49)42-30-15-13-27(14-16-30)33-43-45-46-44-33)19-32(48)26-11-9-24(10-12-26)20-39-36(50)51-37(3,4)5/h6-8,13-17,21,24,26,29H,9-12,18-20H2,1-5H3,(H,39,50)(H,42,49)(H,38,40,41,47)(H,43,44,45,46)/t24?,26?,29-/m1/s1. The summed E-state index contributed by atoms with van der Waals surface area (Å²) in [4.78, 5) is 59.9. The Hall–Kier alpha value is -5.53. The molecular formula is C37H45N9O5. The second kappa shape index (κ2) is 16.5. The van der Waals surface area contributed by atoms with Crippen molar-refractivity contribution in [3.8, 4) is 22.5 Å². The number of aryl methyl sites for hydroxylation is 1. The number of aromatic nitrogens is 6. The highest BCUT2D eigenvalue weighted by molar-refractivity contribution is 5.96. The van der Waals surface area contributed by atoms with Crippen LogP contribution >= 0.6 is 0 Å². The molecule has 2 aromatic heterocycles. The number of tetrazole rings is 1. The summed E-state index contributed by atoms with van der Waals surface area (Å²) in [5, 5.41) is 22.5. The number of ether oxygens (including phenoxy) is 1. The fourth-order valence-corrected chi connectivity index (χ4v) is 6.25. The lowest BCUT2D eigenvalue weighted by Crippen LogP contribution is -2.37. The molecule has 1 aliphatic rings. The van der Waals surface area contributed by atoms with Gasteiger partial charge < -0.3 is 15.4 Å². The first-order valence-corrected chi connectivity index (χ1v) is 17.2. The van der Waals surface area contributed by atoms with Gasteiger partial charge in [0.2, 0.25) is 23.6 Å². The topological polar surface area (TPSA) is 194 Å². The third kappa shape index (κ3) is 10.7. The van der Waals surface area contributed by atoms with Crippen molar-refractivity contribution in [2.75, 3.05) is 17.2 Å². The predicted octanol–water partition coefficient (Wildman–Crippen LogP) is 5.68. The molecule has 0 unspecified atom stereocenters. The van der Waals surface area contributed by atoms with Crippen LogP contribution in [0.25, 0.3) is 22.5 Å². The summed E-state index contributed by atoms with van der Waals surface area (Å²) >= 11 is 0. The lowest BCUT2D eigenvalue weighted by molar-refractivity contribution is -0.129. The van der Waals surface area contributed by atoms with Crippen LogP contribution in [-0.2, 0) is 25.5 Å². The molecule has 268 valence electrons. The van der Waals surface area contributed by atoms with E-state index in [1.54, 1.807) is 30.5 Å². The van der Waals surface area contributed by atoms with Crippen molar-refractivity contribution in [3.05, 3.63) is 66.0 Å². The van der Waals surface area contributed by atoms with E-state index in [0.717, 1.165) is 35.1 Å². The van der Waals surface area contributed by atoms with Crippen molar-refractivity contribution < 1.29 is 23.9 Å². The quantitative estimate of drug-likeness (QED) is 0.143. The number of benzene rings is 2. The number of anilines is 2. The minimum Gasteiger partial charge on any atom is -0.444 e. The number of carbonyl (C=O) groups excluding carboxylic acids is 4. The summed E-state index contributed by atoms with van der Waals surface area (Å²) in [6.07, 6.45) is 4.68. The Balaban J connectivity index is 1.28. The highest BCUT2D eigenvalue weighted by Gasteiger charge is 2.31. The fourth-order valence-electron chi connectivity index (χ4n) is 6.25. The maximum atomic E-state index is 13.9. The minimum absolute atomic E-state index is 0.0649. The number of H-pyrrole nitrogens is 1. The van der Waals surface area contributed by atoms with E-state index in [0.29, 0.717) is 43.0 Å². The first kappa shape index (κ1) is 36.7. The van der Waals surface area contributed by atoms with Gasteiger partial charge in [0.05, 0.1) is 5.69 Å². The summed E-state index contributed by atoms with van der Waals surface area (Å²) < 4.78 is 5.35. The smallest absolute Gasteiger partial charge is 0.407 e. The molecule has 0 aliphatic heterocycles. The molecule has 1 atom stereocenters. The molecule has 5 rings (SSSR count). The van der Waals surface area contributed by atoms with Crippen LogP contribution in [0.5, 0.6) is 0 Å². The number of alkyl carbamates (subject to hydrolysis) is 1. The molecule has 14 heteroatoms. The van der Waals surface area contributed by atoms with Crippen LogP contribution in [0.2, 0.25) is 0 Å². The first-order valence-electron chi connectivity index (χ1n) is 17.2. The van der Waals surface area contributed by atoms with Crippen molar-refractivity contribution >= 4 is 35.3 Å². The van der Waals surface area contributed by atoms with E-state index in [-0.39, 0.29) is 41.8 Å². The number of nitrogens with one attached hydrogen (secondary N) is 4. The lowest BCUT2D eigenvalue weighted by Gasteiger charge is -2.29. The van der Waals surface area contributed by atoms with Crippen molar-refractivity contribution in [1.29, 1.82) is 0 Å². The van der Waals surface area contributed by atoms with E-state index >= 15 is 0 Å². The lowest BCUT2D eigenvalue weighted by atomic mass is 9.77. The van der Waals surface area contributed by atoms with Gasteiger partial charge in [0, 0.05) is 54.7 Å². The fraction of sp³-hybridized carbons (Fsp3) is 0.432. The number of amides is 3. The van der Waals surface area contributed by atoms with Gasteiger partial charge in [-0.05, 0) is 106 Å². The number of rotatable bonds is 12. The number of hydrogen-bond acceptors (Lipinski definition) is 10. The van der Waals surface area contributed by atoms with Crippen LogP contribution in [0.3, 0.4) is 0 Å². The van der Waals surface area contributed by atoms with Crippen LogP contribution in [-0.4, -0.2) is 66.4 Å². The van der Waals surface area contributed by atoms with Gasteiger partial charge in [0.1, 0.15) is 11.4 Å². The van der Waals surface area contributed by atoms with Gasteiger partial charge in [-0.15, -0.1) is 10.2 Å². The molecule has 0 spiro atoms. The third-order valence-corrected chi connectivity index (χ3v) is 8.80. The molecule has 0 bridgehead atoms. The first-order chi connectivity index (χ1) is 24.3. The van der Waals surface area contributed by atoms with Crippen LogP contribution in [0.1, 0.15) is 71.1 Å². The van der Waals surface area contributed by atoms with Gasteiger partial charge in [0.15, 0.2) is 0 Å². The van der Waals surface area contributed by atoms with Crippen LogP contribution in [0.15, 0.2) is 54.7 Å². The molecule has 2 heterocycles. The van der Waals surface area contributed by atoms with E-state index < -0.39 is 17.6 Å². The van der Waals surface area contributed by atoms with Crippen molar-refractivity contribution in [2.24, 2.45) is 17.8 Å². The van der Waals surface area contributed by atoms with Gasteiger partial charge in [-0.1, -0.05) is 24.3 Å². The molecule has 0 radical (unpaired) electrons. The normalized spacial score (nSPS) is 16.5. The average molecular weight is 696 g/mol. The van der Waals surface area contributed by atoms with Crippen LogP contribution in [0, 0.1) is 24.7 Å². The molecule has 1 saturated carbocycles. The molecule has 51 heavy (non-hydrogen) atoms. The molecule has 0 saturated heterocycles. The maximum Gasteiger partial charge on any atom is 0.407 e. The number of ketones is 1. The van der Waals surface area contributed by atoms with Gasteiger partial charge >= 0.3 is 6.09 Å². The maximum absolute atomic E-state index is 13.9. The summed E-state index contributed by atoms with van der Waals surface area (Å²) in [7, 11) is 0. The van der Waals surface area contributed by atoms with Crippen molar-refractivity contribution in [2.45, 2.75) is 78.7 Å². The van der Waals surface area contributed by atoms with E-state index in [1.165, 1.54) is 6.92 Å². The SMILES string of the molecule is CC(=O)Nc1ncc(-c2cccc(C[C@H](CC(=O)C3CCC(CNC(=O)OC(C)(C)C)CC3)C(=O)Nc3ccc(-c4nn[nH]n4)cc3)c2)c(C)n1.